The molecule has 0 saturated heterocycles. The predicted molar refractivity (Wildman–Crippen MR) is 92.0 cm³/mol. The second-order valence-corrected chi connectivity index (χ2v) is 6.48. The highest BCUT2D eigenvalue weighted by Crippen LogP contribution is 2.33. The Morgan fingerprint density at radius 3 is 2.61 bits per heavy atom. The lowest BCUT2D eigenvalue weighted by molar-refractivity contribution is -0.659. The largest absolute Gasteiger partial charge is 0.220 e. The van der Waals surface area contributed by atoms with Crippen molar-refractivity contribution in [2.75, 3.05) is 0 Å². The molecule has 0 fully saturated rings. The molecule has 1 heterocycles. The monoisotopic (exact) mass is 299 g/mol. The summed E-state index contributed by atoms with van der Waals surface area (Å²) in [5.41, 5.74) is 7.60. The Labute approximate surface area is 136 Å². The first-order valence-electron chi connectivity index (χ1n) is 8.12. The maximum atomic E-state index is 9.13. The van der Waals surface area contributed by atoms with Crippen LogP contribution in [0.25, 0.3) is 22.0 Å². The molecule has 0 aliphatic heterocycles. The van der Waals surface area contributed by atoms with Gasteiger partial charge in [-0.15, -0.1) is 0 Å². The lowest BCUT2D eigenvalue weighted by Gasteiger charge is -2.10. The van der Waals surface area contributed by atoms with E-state index < -0.39 is 0 Å². The Hall–Kier alpha value is -2.66. The third-order valence-corrected chi connectivity index (χ3v) is 4.96. The summed E-state index contributed by atoms with van der Waals surface area (Å²) < 4.78 is 2.19. The van der Waals surface area contributed by atoms with E-state index >= 15 is 0 Å². The van der Waals surface area contributed by atoms with Crippen molar-refractivity contribution < 1.29 is 4.57 Å². The number of nitriles is 1. The Morgan fingerprint density at radius 2 is 1.83 bits per heavy atom. The number of aromatic nitrogens is 1. The van der Waals surface area contributed by atoms with E-state index in [0.717, 1.165) is 5.39 Å². The second kappa shape index (κ2) is 5.21. The van der Waals surface area contributed by atoms with E-state index in [4.69, 9.17) is 5.26 Å². The second-order valence-electron chi connectivity index (χ2n) is 6.48. The van der Waals surface area contributed by atoms with Gasteiger partial charge in [-0.3, -0.25) is 0 Å². The van der Waals surface area contributed by atoms with E-state index in [0.29, 0.717) is 5.56 Å². The van der Waals surface area contributed by atoms with Crippen LogP contribution in [0.2, 0.25) is 0 Å². The quantitative estimate of drug-likeness (QED) is 0.624. The average Bonchev–Trinajstić information content (AvgIpc) is 3.01. The lowest BCUT2D eigenvalue weighted by Crippen LogP contribution is -2.30. The van der Waals surface area contributed by atoms with Crippen LogP contribution in [0.1, 0.15) is 28.7 Å². The summed E-state index contributed by atoms with van der Waals surface area (Å²) in [5.74, 6) is 0. The maximum absolute atomic E-state index is 9.13. The molecular weight excluding hydrogens is 280 g/mol. The fraction of sp³-hybridized carbons (Fsp3) is 0.238. The molecule has 2 aromatic carbocycles. The highest BCUT2D eigenvalue weighted by molar-refractivity contribution is 5.94. The maximum Gasteiger partial charge on any atom is 0.220 e. The van der Waals surface area contributed by atoms with Gasteiger partial charge in [0.2, 0.25) is 5.69 Å². The standard InChI is InChI=1S/C21H19N2/c1-14-10-16-4-3-5-17(16)12-20(14)21-19-7-6-15(13-22)11-18(19)8-9-23(21)2/h6-12H,3-5H2,1-2H3/q+1. The van der Waals surface area contributed by atoms with Crippen LogP contribution in [-0.2, 0) is 19.9 Å². The first-order valence-corrected chi connectivity index (χ1v) is 8.12. The molecule has 1 aliphatic carbocycles. The zero-order chi connectivity index (χ0) is 16.0. The topological polar surface area (TPSA) is 27.7 Å². The fourth-order valence-corrected chi connectivity index (χ4v) is 3.78. The molecule has 0 unspecified atom stereocenters. The molecule has 1 aromatic heterocycles. The molecule has 4 rings (SSSR count). The minimum absolute atomic E-state index is 0.711. The van der Waals surface area contributed by atoms with Gasteiger partial charge in [0, 0.05) is 11.6 Å². The number of rotatable bonds is 1. The van der Waals surface area contributed by atoms with Gasteiger partial charge in [0.1, 0.15) is 7.05 Å². The van der Waals surface area contributed by atoms with Gasteiger partial charge in [-0.25, -0.2) is 4.57 Å². The minimum Gasteiger partial charge on any atom is -0.200 e. The zero-order valence-corrected chi connectivity index (χ0v) is 13.6. The van der Waals surface area contributed by atoms with E-state index in [-0.39, 0.29) is 0 Å². The minimum atomic E-state index is 0.711. The molecular formula is C21H19N2+. The van der Waals surface area contributed by atoms with Crippen molar-refractivity contribution in [1.29, 1.82) is 5.26 Å². The summed E-state index contributed by atoms with van der Waals surface area (Å²) >= 11 is 0. The van der Waals surface area contributed by atoms with Crippen LogP contribution in [0.3, 0.4) is 0 Å². The van der Waals surface area contributed by atoms with Crippen molar-refractivity contribution in [2.24, 2.45) is 7.05 Å². The van der Waals surface area contributed by atoms with Crippen LogP contribution >= 0.6 is 0 Å². The number of hydrogen-bond donors (Lipinski definition) is 0. The molecule has 1 aliphatic rings. The number of nitrogens with zero attached hydrogens (tertiary/aromatic N) is 2. The highest BCUT2D eigenvalue weighted by Gasteiger charge is 2.20. The molecule has 23 heavy (non-hydrogen) atoms. The van der Waals surface area contributed by atoms with Crippen molar-refractivity contribution in [2.45, 2.75) is 26.2 Å². The first kappa shape index (κ1) is 14.0. The average molecular weight is 299 g/mol. The van der Waals surface area contributed by atoms with Crippen molar-refractivity contribution in [1.82, 2.24) is 0 Å². The van der Waals surface area contributed by atoms with Gasteiger partial charge in [0.05, 0.1) is 17.0 Å². The van der Waals surface area contributed by atoms with Gasteiger partial charge in [-0.2, -0.15) is 5.26 Å². The van der Waals surface area contributed by atoms with E-state index in [9.17, 15) is 0 Å². The van der Waals surface area contributed by atoms with E-state index in [2.05, 4.69) is 55.1 Å². The van der Waals surface area contributed by atoms with Gasteiger partial charge in [0.15, 0.2) is 6.20 Å². The SMILES string of the molecule is Cc1cc2c(cc1-c1c3ccc(C#N)cc3cc[n+]1C)CCC2. The van der Waals surface area contributed by atoms with Crippen molar-refractivity contribution >= 4 is 10.8 Å². The van der Waals surface area contributed by atoms with Crippen LogP contribution in [0, 0.1) is 18.3 Å². The summed E-state index contributed by atoms with van der Waals surface area (Å²) in [4.78, 5) is 0. The molecule has 0 bridgehead atoms. The first-order chi connectivity index (χ1) is 11.2. The van der Waals surface area contributed by atoms with Gasteiger partial charge in [-0.1, -0.05) is 6.07 Å². The van der Waals surface area contributed by atoms with Crippen LogP contribution in [0.4, 0.5) is 0 Å². The fourth-order valence-electron chi connectivity index (χ4n) is 3.78. The number of aryl methyl sites for hydroxylation is 4. The van der Waals surface area contributed by atoms with Crippen LogP contribution in [-0.4, -0.2) is 0 Å². The lowest BCUT2D eigenvalue weighted by atomic mass is 9.95. The van der Waals surface area contributed by atoms with Crippen molar-refractivity contribution in [3.63, 3.8) is 0 Å². The third kappa shape index (κ3) is 2.21. The smallest absolute Gasteiger partial charge is 0.200 e. The van der Waals surface area contributed by atoms with Gasteiger partial charge in [-0.05, 0) is 72.5 Å². The van der Waals surface area contributed by atoms with Crippen LogP contribution in [0.15, 0.2) is 42.6 Å². The van der Waals surface area contributed by atoms with Crippen LogP contribution < -0.4 is 4.57 Å². The summed E-state index contributed by atoms with van der Waals surface area (Å²) in [6.45, 7) is 2.20. The van der Waals surface area contributed by atoms with Gasteiger partial charge >= 0.3 is 0 Å². The summed E-state index contributed by atoms with van der Waals surface area (Å²) in [7, 11) is 2.10. The van der Waals surface area contributed by atoms with Crippen molar-refractivity contribution in [3.8, 4) is 17.3 Å². The Morgan fingerprint density at radius 1 is 1.04 bits per heavy atom. The summed E-state index contributed by atoms with van der Waals surface area (Å²) in [6.07, 6.45) is 5.76. The Kier molecular flexibility index (Phi) is 3.16. The molecule has 0 saturated carbocycles. The number of hydrogen-bond acceptors (Lipinski definition) is 1. The molecule has 0 spiro atoms. The number of fused-ring (bicyclic) bond motifs is 2. The molecule has 2 heteroatoms. The normalized spacial score (nSPS) is 13.1. The Bertz CT molecular complexity index is 977. The molecule has 0 amide bonds. The van der Waals surface area contributed by atoms with Crippen molar-refractivity contribution in [3.05, 3.63) is 64.8 Å². The predicted octanol–water partition coefficient (Wildman–Crippen LogP) is 4.00. The van der Waals surface area contributed by atoms with E-state index in [1.54, 1.807) is 0 Å². The highest BCUT2D eigenvalue weighted by atomic mass is 14.9. The summed E-state index contributed by atoms with van der Waals surface area (Å²) in [6, 6.07) is 15.0. The zero-order valence-electron chi connectivity index (χ0n) is 13.6. The molecule has 112 valence electrons. The van der Waals surface area contributed by atoms with E-state index in [1.165, 1.54) is 52.6 Å². The third-order valence-electron chi connectivity index (χ3n) is 4.96. The molecule has 2 nitrogen and oxygen atoms in total. The Balaban J connectivity index is 2.02. The number of pyridine rings is 1. The molecule has 0 radical (unpaired) electrons. The molecule has 0 atom stereocenters. The number of benzene rings is 2. The molecule has 3 aromatic rings. The van der Waals surface area contributed by atoms with E-state index in [1.807, 2.05) is 12.1 Å². The van der Waals surface area contributed by atoms with Crippen LogP contribution in [0.5, 0.6) is 0 Å². The molecule has 0 N–H and O–H groups in total. The van der Waals surface area contributed by atoms with Gasteiger partial charge < -0.3 is 0 Å². The summed E-state index contributed by atoms with van der Waals surface area (Å²) in [5, 5.41) is 11.5. The van der Waals surface area contributed by atoms with Gasteiger partial charge in [0.25, 0.3) is 0 Å².